The molecule has 27 heavy (non-hydrogen) atoms. The van der Waals surface area contributed by atoms with Gasteiger partial charge in [-0.05, 0) is 54.2 Å². The quantitative estimate of drug-likeness (QED) is 0.577. The van der Waals surface area contributed by atoms with Gasteiger partial charge in [0.05, 0.1) is 25.2 Å². The zero-order valence-electron chi connectivity index (χ0n) is 15.6. The zero-order chi connectivity index (χ0) is 19.6. The molecule has 0 spiro atoms. The fourth-order valence-electron chi connectivity index (χ4n) is 3.58. The van der Waals surface area contributed by atoms with E-state index >= 15 is 0 Å². The molecule has 1 saturated carbocycles. The second-order valence-electron chi connectivity index (χ2n) is 6.81. The molecule has 0 aliphatic heterocycles. The number of ether oxygens (including phenoxy) is 1. The van der Waals surface area contributed by atoms with Crippen LogP contribution in [0.5, 0.6) is 0 Å². The summed E-state index contributed by atoms with van der Waals surface area (Å²) >= 11 is 0. The van der Waals surface area contributed by atoms with Crippen LogP contribution >= 0.6 is 0 Å². The smallest absolute Gasteiger partial charge is 0.337 e. The van der Waals surface area contributed by atoms with E-state index in [4.69, 9.17) is 9.57 Å². The highest BCUT2D eigenvalue weighted by Gasteiger charge is 2.61. The van der Waals surface area contributed by atoms with Gasteiger partial charge in [-0.2, -0.15) is 0 Å². The van der Waals surface area contributed by atoms with Crippen molar-refractivity contribution < 1.29 is 23.6 Å². The van der Waals surface area contributed by atoms with Crippen molar-refractivity contribution in [3.63, 3.8) is 0 Å². The molecular formula is C21H22FNO4. The second-order valence-corrected chi connectivity index (χ2v) is 6.81. The summed E-state index contributed by atoms with van der Waals surface area (Å²) in [7, 11) is 4.38. The predicted octanol–water partition coefficient (Wildman–Crippen LogP) is 3.35. The summed E-state index contributed by atoms with van der Waals surface area (Å²) in [5, 5.41) is 1.24. The minimum atomic E-state index is -0.643. The summed E-state index contributed by atoms with van der Waals surface area (Å²) < 4.78 is 17.9. The van der Waals surface area contributed by atoms with E-state index in [-0.39, 0.29) is 17.6 Å². The number of hydroxylamine groups is 2. The molecule has 0 radical (unpaired) electrons. The number of carbonyl (C=O) groups excluding carboxylic acids is 2. The number of halogens is 1. The molecule has 1 aliphatic rings. The Morgan fingerprint density at radius 3 is 2.30 bits per heavy atom. The lowest BCUT2D eigenvalue weighted by Crippen LogP contribution is -2.35. The number of amides is 1. The minimum Gasteiger partial charge on any atom is -0.465 e. The Bertz CT molecular complexity index is 834. The number of hydrogen-bond donors (Lipinski definition) is 0. The lowest BCUT2D eigenvalue weighted by Gasteiger charge is -2.23. The van der Waals surface area contributed by atoms with Crippen LogP contribution in [0.4, 0.5) is 4.39 Å². The van der Waals surface area contributed by atoms with E-state index < -0.39 is 11.4 Å². The van der Waals surface area contributed by atoms with Crippen LogP contribution < -0.4 is 0 Å². The van der Waals surface area contributed by atoms with Crippen LogP contribution in [-0.4, -0.2) is 38.2 Å². The lowest BCUT2D eigenvalue weighted by atomic mass is 9.90. The van der Waals surface area contributed by atoms with Gasteiger partial charge in [0, 0.05) is 7.05 Å². The van der Waals surface area contributed by atoms with E-state index in [1.165, 1.54) is 31.4 Å². The van der Waals surface area contributed by atoms with Gasteiger partial charge >= 0.3 is 5.97 Å². The molecule has 0 bridgehead atoms. The fourth-order valence-corrected chi connectivity index (χ4v) is 3.58. The lowest BCUT2D eigenvalue weighted by molar-refractivity contribution is -0.175. The predicted molar refractivity (Wildman–Crippen MR) is 97.5 cm³/mol. The number of carbonyl (C=O) groups is 2. The molecule has 1 aliphatic carbocycles. The van der Waals surface area contributed by atoms with Crippen molar-refractivity contribution in [1.82, 2.24) is 5.06 Å². The SMILES string of the molecule is COC(=O)c1ccc([C@H]2C[C@@]2(Cc2ccc(F)cc2)C(=O)N(C)OC)cc1. The molecule has 0 heterocycles. The third-order valence-corrected chi connectivity index (χ3v) is 5.23. The van der Waals surface area contributed by atoms with Crippen molar-refractivity contribution in [2.45, 2.75) is 18.8 Å². The maximum absolute atomic E-state index is 13.2. The summed E-state index contributed by atoms with van der Waals surface area (Å²) in [6, 6.07) is 13.3. The molecule has 2 aromatic rings. The van der Waals surface area contributed by atoms with Crippen LogP contribution in [-0.2, 0) is 20.8 Å². The average Bonchev–Trinajstić information content (AvgIpc) is 3.43. The first-order valence-corrected chi connectivity index (χ1v) is 8.66. The largest absolute Gasteiger partial charge is 0.465 e. The maximum Gasteiger partial charge on any atom is 0.337 e. The van der Waals surface area contributed by atoms with E-state index in [1.807, 2.05) is 12.1 Å². The first-order valence-electron chi connectivity index (χ1n) is 8.66. The highest BCUT2D eigenvalue weighted by Crippen LogP contribution is 2.62. The first kappa shape index (κ1) is 19.0. The van der Waals surface area contributed by atoms with Crippen molar-refractivity contribution in [2.24, 2.45) is 5.41 Å². The van der Waals surface area contributed by atoms with Crippen molar-refractivity contribution in [1.29, 1.82) is 0 Å². The first-order chi connectivity index (χ1) is 12.9. The van der Waals surface area contributed by atoms with E-state index in [0.29, 0.717) is 18.4 Å². The van der Waals surface area contributed by atoms with E-state index in [1.54, 1.807) is 31.3 Å². The molecule has 1 amide bonds. The monoisotopic (exact) mass is 371 g/mol. The fraction of sp³-hybridized carbons (Fsp3) is 0.333. The highest BCUT2D eigenvalue weighted by atomic mass is 19.1. The molecule has 2 atom stereocenters. The zero-order valence-corrected chi connectivity index (χ0v) is 15.6. The van der Waals surface area contributed by atoms with E-state index in [0.717, 1.165) is 11.1 Å². The van der Waals surface area contributed by atoms with E-state index in [9.17, 15) is 14.0 Å². The van der Waals surface area contributed by atoms with Gasteiger partial charge in [-0.25, -0.2) is 14.2 Å². The molecule has 3 rings (SSSR count). The summed E-state index contributed by atoms with van der Waals surface area (Å²) in [4.78, 5) is 29.7. The Balaban J connectivity index is 1.87. The van der Waals surface area contributed by atoms with E-state index in [2.05, 4.69) is 0 Å². The molecule has 5 nitrogen and oxygen atoms in total. The summed E-state index contributed by atoms with van der Waals surface area (Å²) in [5.41, 5.74) is 1.69. The Hall–Kier alpha value is -2.73. The molecular weight excluding hydrogens is 349 g/mol. The van der Waals surface area contributed by atoms with Crippen LogP contribution in [0.3, 0.4) is 0 Å². The van der Waals surface area contributed by atoms with Crippen LogP contribution in [0, 0.1) is 11.2 Å². The van der Waals surface area contributed by atoms with Crippen molar-refractivity contribution in [2.75, 3.05) is 21.3 Å². The standard InChI is InChI=1S/C21H22FNO4/c1-23(27-3)20(25)21(12-14-4-10-17(22)11-5-14)13-18(21)15-6-8-16(9-7-15)19(24)26-2/h4-11,18H,12-13H2,1-3H3/t18-,21-/m1/s1. The Kier molecular flexibility index (Phi) is 5.28. The molecule has 0 N–H and O–H groups in total. The third-order valence-electron chi connectivity index (χ3n) is 5.23. The molecule has 0 aromatic heterocycles. The maximum atomic E-state index is 13.2. The molecule has 1 fully saturated rings. The van der Waals surface area contributed by atoms with Gasteiger partial charge < -0.3 is 4.74 Å². The molecule has 142 valence electrons. The number of nitrogens with zero attached hydrogens (tertiary/aromatic N) is 1. The van der Waals surface area contributed by atoms with Gasteiger partial charge in [0.25, 0.3) is 5.91 Å². The molecule has 2 aromatic carbocycles. The van der Waals surface area contributed by atoms with Crippen molar-refractivity contribution >= 4 is 11.9 Å². The number of rotatable bonds is 6. The number of hydrogen-bond acceptors (Lipinski definition) is 4. The molecule has 0 saturated heterocycles. The summed E-state index contributed by atoms with van der Waals surface area (Å²) in [6.07, 6.45) is 1.15. The molecule has 6 heteroatoms. The third kappa shape index (κ3) is 3.71. The van der Waals surface area contributed by atoms with Crippen LogP contribution in [0.1, 0.15) is 33.8 Å². The van der Waals surface area contributed by atoms with Gasteiger partial charge in [0.1, 0.15) is 5.82 Å². The Morgan fingerprint density at radius 2 is 1.74 bits per heavy atom. The van der Waals surface area contributed by atoms with Gasteiger partial charge in [-0.15, -0.1) is 0 Å². The normalized spacial score (nSPS) is 20.8. The second kappa shape index (κ2) is 7.48. The van der Waals surface area contributed by atoms with Crippen LogP contribution in [0.25, 0.3) is 0 Å². The minimum absolute atomic E-state index is 0.000602. The van der Waals surface area contributed by atoms with Gasteiger partial charge in [0.2, 0.25) is 0 Å². The molecule has 0 unspecified atom stereocenters. The van der Waals surface area contributed by atoms with Gasteiger partial charge in [-0.3, -0.25) is 9.63 Å². The number of methoxy groups -OCH3 is 1. The summed E-state index contributed by atoms with van der Waals surface area (Å²) in [5.74, 6) is -0.820. The Morgan fingerprint density at radius 1 is 1.11 bits per heavy atom. The van der Waals surface area contributed by atoms with Gasteiger partial charge in [0.15, 0.2) is 0 Å². The average molecular weight is 371 g/mol. The van der Waals surface area contributed by atoms with Gasteiger partial charge in [-0.1, -0.05) is 24.3 Å². The van der Waals surface area contributed by atoms with Crippen LogP contribution in [0.2, 0.25) is 0 Å². The topological polar surface area (TPSA) is 55.8 Å². The highest BCUT2D eigenvalue weighted by molar-refractivity contribution is 5.90. The number of esters is 1. The van der Waals surface area contributed by atoms with Crippen LogP contribution in [0.15, 0.2) is 48.5 Å². The van der Waals surface area contributed by atoms with Crippen molar-refractivity contribution in [3.8, 4) is 0 Å². The Labute approximate surface area is 157 Å². The number of benzene rings is 2. The van der Waals surface area contributed by atoms with Crippen molar-refractivity contribution in [3.05, 3.63) is 71.0 Å². The summed E-state index contributed by atoms with van der Waals surface area (Å²) in [6.45, 7) is 0.